The summed E-state index contributed by atoms with van der Waals surface area (Å²) >= 11 is 0. The average molecular weight is 275 g/mol. The second-order valence-corrected chi connectivity index (χ2v) is 6.67. The van der Waals surface area contributed by atoms with Gasteiger partial charge in [0.15, 0.2) is 0 Å². The van der Waals surface area contributed by atoms with Gasteiger partial charge in [-0.3, -0.25) is 4.98 Å². The minimum absolute atomic E-state index is 0.192. The third kappa shape index (κ3) is 2.75. The molecule has 1 aromatic heterocycles. The summed E-state index contributed by atoms with van der Waals surface area (Å²) in [6.07, 6.45) is 6.65. The molecule has 0 bridgehead atoms. The Bertz CT molecular complexity index is 475. The summed E-state index contributed by atoms with van der Waals surface area (Å²) < 4.78 is 5.78. The van der Waals surface area contributed by atoms with Crippen LogP contribution in [0.4, 0.5) is 5.69 Å². The molecule has 0 radical (unpaired) electrons. The van der Waals surface area contributed by atoms with Crippen LogP contribution in [0.1, 0.15) is 26.7 Å². The monoisotopic (exact) mass is 275 g/mol. The predicted octanol–water partition coefficient (Wildman–Crippen LogP) is 2.40. The number of anilines is 1. The zero-order valence-corrected chi connectivity index (χ0v) is 12.9. The molecule has 1 aliphatic carbocycles. The molecule has 1 saturated heterocycles. The number of ether oxygens (including phenoxy) is 1. The van der Waals surface area contributed by atoms with E-state index in [4.69, 9.17) is 4.74 Å². The Morgan fingerprint density at radius 1 is 1.35 bits per heavy atom. The number of hydrogen-bond acceptors (Lipinski definition) is 4. The molecule has 1 saturated carbocycles. The van der Waals surface area contributed by atoms with Gasteiger partial charge in [-0.1, -0.05) is 0 Å². The van der Waals surface area contributed by atoms with Crippen molar-refractivity contribution in [3.05, 3.63) is 18.5 Å². The molecule has 4 heteroatoms. The van der Waals surface area contributed by atoms with Gasteiger partial charge in [-0.15, -0.1) is 0 Å². The standard InChI is InChI=1S/C16H25N3O/c1-11(2)20-15-7-13(8-17-9-15)19-14(10-18(3)4)5-12-6-16(12)19/h7-9,11-12,14,16H,5-6,10H2,1-4H3. The summed E-state index contributed by atoms with van der Waals surface area (Å²) in [7, 11) is 4.30. The third-order valence-corrected chi connectivity index (χ3v) is 4.16. The molecule has 2 heterocycles. The van der Waals surface area contributed by atoms with Crippen LogP contribution in [0, 0.1) is 5.92 Å². The van der Waals surface area contributed by atoms with E-state index in [2.05, 4.69) is 34.9 Å². The van der Waals surface area contributed by atoms with Crippen molar-refractivity contribution in [2.45, 2.75) is 44.9 Å². The van der Waals surface area contributed by atoms with Crippen molar-refractivity contribution in [3.8, 4) is 5.75 Å². The lowest BCUT2D eigenvalue weighted by molar-refractivity contribution is 0.241. The molecule has 4 nitrogen and oxygen atoms in total. The van der Waals surface area contributed by atoms with Crippen molar-refractivity contribution in [1.29, 1.82) is 0 Å². The highest BCUT2D eigenvalue weighted by Gasteiger charge is 2.52. The molecular formula is C16H25N3O. The summed E-state index contributed by atoms with van der Waals surface area (Å²) in [6, 6.07) is 3.50. The van der Waals surface area contributed by atoms with E-state index in [0.717, 1.165) is 24.3 Å². The molecule has 0 aromatic carbocycles. The Hall–Kier alpha value is -1.29. The molecule has 2 fully saturated rings. The maximum absolute atomic E-state index is 5.78. The fourth-order valence-corrected chi connectivity index (χ4v) is 3.43. The maximum atomic E-state index is 5.78. The van der Waals surface area contributed by atoms with Gasteiger partial charge in [0.25, 0.3) is 0 Å². The van der Waals surface area contributed by atoms with E-state index in [-0.39, 0.29) is 6.10 Å². The van der Waals surface area contributed by atoms with Gasteiger partial charge in [-0.25, -0.2) is 0 Å². The lowest BCUT2D eigenvalue weighted by Crippen LogP contribution is -2.40. The average Bonchev–Trinajstić information content (AvgIpc) is 3.00. The molecule has 2 aliphatic rings. The number of fused-ring (bicyclic) bond motifs is 1. The topological polar surface area (TPSA) is 28.6 Å². The summed E-state index contributed by atoms with van der Waals surface area (Å²) in [5.41, 5.74) is 1.22. The molecule has 1 aromatic rings. The molecule has 0 amide bonds. The van der Waals surface area contributed by atoms with Crippen LogP contribution < -0.4 is 9.64 Å². The number of pyridine rings is 1. The van der Waals surface area contributed by atoms with Crippen molar-refractivity contribution < 1.29 is 4.74 Å². The molecule has 3 unspecified atom stereocenters. The number of rotatable bonds is 5. The zero-order valence-electron chi connectivity index (χ0n) is 12.9. The fourth-order valence-electron chi connectivity index (χ4n) is 3.43. The summed E-state index contributed by atoms with van der Waals surface area (Å²) in [6.45, 7) is 5.21. The lowest BCUT2D eigenvalue weighted by atomic mass is 10.1. The molecule has 0 spiro atoms. The van der Waals surface area contributed by atoms with E-state index in [0.29, 0.717) is 6.04 Å². The number of likely N-dealkylation sites (N-methyl/N-ethyl adjacent to an activating group) is 1. The van der Waals surface area contributed by atoms with Gasteiger partial charge in [-0.2, -0.15) is 0 Å². The minimum Gasteiger partial charge on any atom is -0.489 e. The van der Waals surface area contributed by atoms with E-state index < -0.39 is 0 Å². The highest BCUT2D eigenvalue weighted by atomic mass is 16.5. The van der Waals surface area contributed by atoms with Crippen molar-refractivity contribution in [2.24, 2.45) is 5.92 Å². The Morgan fingerprint density at radius 2 is 2.15 bits per heavy atom. The summed E-state index contributed by atoms with van der Waals surface area (Å²) in [4.78, 5) is 9.22. The largest absolute Gasteiger partial charge is 0.489 e. The van der Waals surface area contributed by atoms with Crippen LogP contribution in [0.25, 0.3) is 0 Å². The Labute approximate surface area is 121 Å². The number of piperidine rings is 1. The zero-order chi connectivity index (χ0) is 14.3. The Morgan fingerprint density at radius 3 is 2.85 bits per heavy atom. The van der Waals surface area contributed by atoms with Gasteiger partial charge >= 0.3 is 0 Å². The van der Waals surface area contributed by atoms with Crippen LogP contribution in [-0.2, 0) is 0 Å². The Kier molecular flexibility index (Phi) is 3.59. The molecule has 1 aliphatic heterocycles. The summed E-state index contributed by atoms with van der Waals surface area (Å²) in [5, 5.41) is 0. The van der Waals surface area contributed by atoms with Crippen molar-refractivity contribution in [3.63, 3.8) is 0 Å². The van der Waals surface area contributed by atoms with Gasteiger partial charge in [0.1, 0.15) is 5.75 Å². The van der Waals surface area contributed by atoms with Gasteiger partial charge < -0.3 is 14.5 Å². The van der Waals surface area contributed by atoms with Crippen LogP contribution in [0.3, 0.4) is 0 Å². The van der Waals surface area contributed by atoms with Crippen LogP contribution >= 0.6 is 0 Å². The van der Waals surface area contributed by atoms with E-state index in [1.807, 2.05) is 26.2 Å². The van der Waals surface area contributed by atoms with E-state index in [1.54, 1.807) is 0 Å². The molecule has 20 heavy (non-hydrogen) atoms. The normalized spacial score (nSPS) is 28.1. The maximum Gasteiger partial charge on any atom is 0.140 e. The number of nitrogens with zero attached hydrogens (tertiary/aromatic N) is 3. The third-order valence-electron chi connectivity index (χ3n) is 4.16. The van der Waals surface area contributed by atoms with Crippen molar-refractivity contribution in [1.82, 2.24) is 9.88 Å². The molecule has 110 valence electrons. The Balaban J connectivity index is 1.79. The number of aromatic nitrogens is 1. The smallest absolute Gasteiger partial charge is 0.140 e. The number of hydrogen-bond donors (Lipinski definition) is 0. The van der Waals surface area contributed by atoms with Gasteiger partial charge in [0.2, 0.25) is 0 Å². The lowest BCUT2D eigenvalue weighted by Gasteiger charge is -2.31. The molecule has 3 rings (SSSR count). The minimum atomic E-state index is 0.192. The fraction of sp³-hybridized carbons (Fsp3) is 0.688. The van der Waals surface area contributed by atoms with Gasteiger partial charge in [-0.05, 0) is 46.7 Å². The highest BCUT2D eigenvalue weighted by molar-refractivity contribution is 5.53. The van der Waals surface area contributed by atoms with E-state index in [1.165, 1.54) is 18.5 Å². The first-order chi connectivity index (χ1) is 9.54. The second kappa shape index (κ2) is 5.24. The van der Waals surface area contributed by atoms with E-state index in [9.17, 15) is 0 Å². The first-order valence-electron chi connectivity index (χ1n) is 7.59. The quantitative estimate of drug-likeness (QED) is 0.825. The molecule has 0 N–H and O–H groups in total. The second-order valence-electron chi connectivity index (χ2n) is 6.67. The van der Waals surface area contributed by atoms with Crippen LogP contribution in [0.5, 0.6) is 5.75 Å². The van der Waals surface area contributed by atoms with Crippen molar-refractivity contribution >= 4 is 5.69 Å². The first-order valence-corrected chi connectivity index (χ1v) is 7.59. The van der Waals surface area contributed by atoms with Gasteiger partial charge in [0, 0.05) is 24.7 Å². The highest BCUT2D eigenvalue weighted by Crippen LogP contribution is 2.50. The van der Waals surface area contributed by atoms with Crippen molar-refractivity contribution in [2.75, 3.05) is 25.5 Å². The summed E-state index contributed by atoms with van der Waals surface area (Å²) in [5.74, 6) is 1.78. The SMILES string of the molecule is CC(C)Oc1cncc(N2C(CN(C)C)CC3CC32)c1. The first kappa shape index (κ1) is 13.7. The molecular weight excluding hydrogens is 250 g/mol. The van der Waals surface area contributed by atoms with Crippen LogP contribution in [0.15, 0.2) is 18.5 Å². The van der Waals surface area contributed by atoms with Crippen LogP contribution in [0.2, 0.25) is 0 Å². The van der Waals surface area contributed by atoms with Crippen LogP contribution in [-0.4, -0.2) is 48.7 Å². The van der Waals surface area contributed by atoms with Gasteiger partial charge in [0.05, 0.1) is 24.2 Å². The van der Waals surface area contributed by atoms with E-state index >= 15 is 0 Å². The predicted molar refractivity (Wildman–Crippen MR) is 81.3 cm³/mol. The molecule has 3 atom stereocenters.